The topological polar surface area (TPSA) is 43.4 Å². The molecule has 1 aromatic heterocycles. The zero-order valence-corrected chi connectivity index (χ0v) is 20.5. The van der Waals surface area contributed by atoms with Gasteiger partial charge in [-0.1, -0.05) is 53.9 Å². The van der Waals surface area contributed by atoms with Crippen molar-refractivity contribution in [1.29, 1.82) is 0 Å². The lowest BCUT2D eigenvalue weighted by Gasteiger charge is -2.44. The van der Waals surface area contributed by atoms with Crippen LogP contribution in [0.25, 0.3) is 22.4 Å². The number of halogens is 2. The van der Waals surface area contributed by atoms with Gasteiger partial charge >= 0.3 is 0 Å². The normalized spacial score (nSPS) is 19.1. The minimum absolute atomic E-state index is 0.144. The van der Waals surface area contributed by atoms with Gasteiger partial charge in [-0.2, -0.15) is 0 Å². The van der Waals surface area contributed by atoms with Crippen molar-refractivity contribution in [3.8, 4) is 34.0 Å². The lowest BCUT2D eigenvalue weighted by atomic mass is 9.77. The van der Waals surface area contributed by atoms with Crippen molar-refractivity contribution < 1.29 is 9.47 Å². The van der Waals surface area contributed by atoms with Gasteiger partial charge in [-0.3, -0.25) is 0 Å². The molecule has 33 heavy (non-hydrogen) atoms. The van der Waals surface area contributed by atoms with Crippen LogP contribution in [0.15, 0.2) is 48.5 Å². The molecule has 0 radical (unpaired) electrons. The molecule has 1 saturated carbocycles. The zero-order valence-electron chi connectivity index (χ0n) is 19.0. The van der Waals surface area contributed by atoms with Crippen LogP contribution in [0.2, 0.25) is 10.0 Å². The van der Waals surface area contributed by atoms with Crippen LogP contribution in [-0.4, -0.2) is 24.7 Å². The van der Waals surface area contributed by atoms with Gasteiger partial charge in [-0.25, -0.2) is 4.98 Å². The van der Waals surface area contributed by atoms with Crippen LogP contribution < -0.4 is 14.8 Å². The Labute approximate surface area is 205 Å². The summed E-state index contributed by atoms with van der Waals surface area (Å²) < 4.78 is 12.2. The predicted octanol–water partition coefficient (Wildman–Crippen LogP) is 7.48. The van der Waals surface area contributed by atoms with Crippen LogP contribution in [0.3, 0.4) is 0 Å². The van der Waals surface area contributed by atoms with E-state index >= 15 is 0 Å². The van der Waals surface area contributed by atoms with Crippen molar-refractivity contribution in [1.82, 2.24) is 10.3 Å². The maximum Gasteiger partial charge on any atom is 0.219 e. The molecule has 4 nitrogen and oxygen atoms in total. The summed E-state index contributed by atoms with van der Waals surface area (Å²) in [5, 5.41) is 4.75. The van der Waals surface area contributed by atoms with Crippen molar-refractivity contribution >= 4 is 23.2 Å². The highest BCUT2D eigenvalue weighted by molar-refractivity contribution is 6.33. The van der Waals surface area contributed by atoms with Crippen molar-refractivity contribution in [2.75, 3.05) is 14.2 Å². The summed E-state index contributed by atoms with van der Waals surface area (Å²) in [6.07, 6.45) is 6.77. The highest BCUT2D eigenvalue weighted by Gasteiger charge is 2.42. The Morgan fingerprint density at radius 2 is 1.79 bits per heavy atom. The monoisotopic (exact) mass is 482 g/mol. The first kappa shape index (κ1) is 22.5. The number of nitrogens with one attached hydrogen (secondary N) is 1. The maximum atomic E-state index is 6.71. The molecule has 5 rings (SSSR count). The summed E-state index contributed by atoms with van der Waals surface area (Å²) in [5.41, 5.74) is 4.54. The minimum Gasteiger partial charge on any atom is -0.495 e. The fraction of sp³-hybridized carbons (Fsp3) is 0.370. The van der Waals surface area contributed by atoms with Crippen molar-refractivity contribution in [2.45, 2.75) is 50.2 Å². The van der Waals surface area contributed by atoms with E-state index in [-0.39, 0.29) is 11.6 Å². The molecule has 1 spiro atoms. The fourth-order valence-electron chi connectivity index (χ4n) is 5.24. The molecule has 1 N–H and O–H groups in total. The van der Waals surface area contributed by atoms with E-state index in [2.05, 4.69) is 11.4 Å². The van der Waals surface area contributed by atoms with E-state index in [1.807, 2.05) is 49.5 Å². The Balaban J connectivity index is 1.72. The largest absolute Gasteiger partial charge is 0.495 e. The average Bonchev–Trinajstić information content (AvgIpc) is 2.84. The summed E-state index contributed by atoms with van der Waals surface area (Å²) in [7, 11) is 3.64. The minimum atomic E-state index is -0.144. The molecule has 1 aliphatic carbocycles. The molecule has 2 heterocycles. The number of pyridine rings is 1. The van der Waals surface area contributed by atoms with Gasteiger partial charge in [0.25, 0.3) is 0 Å². The number of methoxy groups -OCH3 is 1. The fourth-order valence-corrected chi connectivity index (χ4v) is 5.66. The SMILES string of the molecule is CNC1CC2(CCCCC2)Oc2nc(-c3ccccc3Cl)c(-c3ccc(Cl)c(OC)c3)cc21. The van der Waals surface area contributed by atoms with E-state index in [1.165, 1.54) is 19.3 Å². The Bertz CT molecular complexity index is 1170. The Morgan fingerprint density at radius 1 is 1.00 bits per heavy atom. The van der Waals surface area contributed by atoms with Crippen LogP contribution in [-0.2, 0) is 0 Å². The van der Waals surface area contributed by atoms with Gasteiger partial charge in [0, 0.05) is 34.2 Å². The van der Waals surface area contributed by atoms with E-state index in [0.717, 1.165) is 47.2 Å². The van der Waals surface area contributed by atoms with Crippen LogP contribution in [0.1, 0.15) is 50.1 Å². The number of hydrogen-bond acceptors (Lipinski definition) is 4. The molecule has 0 bridgehead atoms. The Hall–Kier alpha value is -2.27. The first-order valence-corrected chi connectivity index (χ1v) is 12.3. The maximum absolute atomic E-state index is 6.71. The van der Waals surface area contributed by atoms with Crippen LogP contribution in [0, 0.1) is 0 Å². The third-order valence-electron chi connectivity index (χ3n) is 6.98. The highest BCUT2D eigenvalue weighted by Crippen LogP contribution is 2.48. The lowest BCUT2D eigenvalue weighted by molar-refractivity contribution is -0.00600. The van der Waals surface area contributed by atoms with E-state index < -0.39 is 0 Å². The quantitative estimate of drug-likeness (QED) is 0.418. The first-order chi connectivity index (χ1) is 16.0. The lowest BCUT2D eigenvalue weighted by Crippen LogP contribution is -2.45. The van der Waals surface area contributed by atoms with Gasteiger partial charge in [0.2, 0.25) is 5.88 Å². The Kier molecular flexibility index (Phi) is 6.26. The van der Waals surface area contributed by atoms with Gasteiger partial charge in [-0.05, 0) is 62.6 Å². The molecule has 6 heteroatoms. The third-order valence-corrected chi connectivity index (χ3v) is 7.63. The van der Waals surface area contributed by atoms with Gasteiger partial charge in [0.1, 0.15) is 11.4 Å². The molecule has 1 unspecified atom stereocenters. The van der Waals surface area contributed by atoms with Gasteiger partial charge in [-0.15, -0.1) is 0 Å². The standard InChI is InChI=1S/C27H28Cl2N2O2/c1-30-23-16-27(12-6-3-7-13-27)33-26-20(23)15-19(17-10-11-22(29)24(14-17)32-2)25(31-26)18-8-4-5-9-21(18)28/h4-5,8-11,14-15,23,30H,3,6-7,12-13,16H2,1-2H3. The van der Waals surface area contributed by atoms with E-state index in [1.54, 1.807) is 7.11 Å². The zero-order chi connectivity index (χ0) is 23.0. The molecule has 2 aliphatic rings. The summed E-state index contributed by atoms with van der Waals surface area (Å²) >= 11 is 13.0. The van der Waals surface area contributed by atoms with E-state index in [9.17, 15) is 0 Å². The summed E-state index contributed by atoms with van der Waals surface area (Å²) in [4.78, 5) is 5.13. The van der Waals surface area contributed by atoms with Crippen LogP contribution in [0.4, 0.5) is 0 Å². The number of ether oxygens (including phenoxy) is 2. The highest BCUT2D eigenvalue weighted by atomic mass is 35.5. The number of rotatable bonds is 4. The second-order valence-corrected chi connectivity index (χ2v) is 9.81. The van der Waals surface area contributed by atoms with Crippen molar-refractivity contribution in [3.05, 3.63) is 64.1 Å². The second-order valence-electron chi connectivity index (χ2n) is 9.00. The molecule has 1 fully saturated rings. The molecule has 172 valence electrons. The number of aromatic nitrogens is 1. The van der Waals surface area contributed by atoms with E-state index in [0.29, 0.717) is 21.7 Å². The van der Waals surface area contributed by atoms with Crippen LogP contribution >= 0.6 is 23.2 Å². The van der Waals surface area contributed by atoms with Gasteiger partial charge < -0.3 is 14.8 Å². The van der Waals surface area contributed by atoms with Crippen LogP contribution in [0.5, 0.6) is 11.6 Å². The second kappa shape index (κ2) is 9.17. The molecular weight excluding hydrogens is 455 g/mol. The van der Waals surface area contributed by atoms with E-state index in [4.69, 9.17) is 37.7 Å². The number of hydrogen-bond donors (Lipinski definition) is 1. The summed E-state index contributed by atoms with van der Waals surface area (Å²) in [6, 6.07) is 16.0. The molecule has 0 saturated heterocycles. The van der Waals surface area contributed by atoms with Crippen molar-refractivity contribution in [3.63, 3.8) is 0 Å². The summed E-state index contributed by atoms with van der Waals surface area (Å²) in [6.45, 7) is 0. The van der Waals surface area contributed by atoms with Gasteiger partial charge in [0.05, 0.1) is 17.8 Å². The number of fused-ring (bicyclic) bond motifs is 1. The molecule has 1 aliphatic heterocycles. The number of benzene rings is 2. The molecule has 1 atom stereocenters. The molecular formula is C27H28Cl2N2O2. The smallest absolute Gasteiger partial charge is 0.219 e. The summed E-state index contributed by atoms with van der Waals surface area (Å²) in [5.74, 6) is 1.33. The average molecular weight is 483 g/mol. The third kappa shape index (κ3) is 4.21. The number of nitrogens with zero attached hydrogens (tertiary/aromatic N) is 1. The van der Waals surface area contributed by atoms with Gasteiger partial charge in [0.15, 0.2) is 0 Å². The first-order valence-electron chi connectivity index (χ1n) is 11.5. The Morgan fingerprint density at radius 3 is 2.52 bits per heavy atom. The molecule has 2 aromatic carbocycles. The molecule has 3 aromatic rings. The molecule has 0 amide bonds. The van der Waals surface area contributed by atoms with Crippen molar-refractivity contribution in [2.24, 2.45) is 0 Å². The predicted molar refractivity (Wildman–Crippen MR) is 135 cm³/mol.